The quantitative estimate of drug-likeness (QED) is 0.423. The Morgan fingerprint density at radius 1 is 1.14 bits per heavy atom. The van der Waals surface area contributed by atoms with Crippen molar-refractivity contribution in [2.75, 3.05) is 6.61 Å². The molecule has 1 aliphatic heterocycles. The molecule has 2 N–H and O–H groups in total. The van der Waals surface area contributed by atoms with Gasteiger partial charge in [-0.15, -0.1) is 5.10 Å². The Balaban J connectivity index is 1.39. The van der Waals surface area contributed by atoms with Crippen LogP contribution < -0.4 is 16.0 Å². The maximum absolute atomic E-state index is 12.2. The zero-order valence-electron chi connectivity index (χ0n) is 18.2. The van der Waals surface area contributed by atoms with E-state index in [9.17, 15) is 9.59 Å². The molecule has 2 aliphatic rings. The van der Waals surface area contributed by atoms with E-state index in [2.05, 4.69) is 10.1 Å². The first-order valence-corrected chi connectivity index (χ1v) is 11.7. The molecule has 0 unspecified atom stereocenters. The number of halogens is 2. The zero-order valence-corrected chi connectivity index (χ0v) is 19.7. The molecule has 1 spiro atoms. The van der Waals surface area contributed by atoms with Crippen molar-refractivity contribution >= 4 is 34.1 Å². The Morgan fingerprint density at radius 3 is 2.60 bits per heavy atom. The minimum absolute atomic E-state index is 0.0561. The van der Waals surface area contributed by atoms with Crippen LogP contribution >= 0.6 is 23.2 Å². The van der Waals surface area contributed by atoms with E-state index in [4.69, 9.17) is 37.9 Å². The summed E-state index contributed by atoms with van der Waals surface area (Å²) in [5.41, 5.74) is 1.50. The number of H-pyrrole nitrogens is 2. The van der Waals surface area contributed by atoms with Gasteiger partial charge in [0, 0.05) is 22.0 Å². The largest absolute Gasteiger partial charge is 0.454 e. The van der Waals surface area contributed by atoms with Crippen LogP contribution in [-0.2, 0) is 16.8 Å². The van der Waals surface area contributed by atoms with Crippen molar-refractivity contribution in [2.24, 2.45) is 0 Å². The second kappa shape index (κ2) is 7.99. The highest BCUT2D eigenvalue weighted by Gasteiger charge is 2.44. The molecule has 2 aromatic carbocycles. The predicted molar refractivity (Wildman–Crippen MR) is 129 cm³/mol. The monoisotopic (exact) mass is 509 g/mol. The summed E-state index contributed by atoms with van der Waals surface area (Å²) in [6, 6.07) is 10.2. The zero-order chi connectivity index (χ0) is 24.3. The van der Waals surface area contributed by atoms with Gasteiger partial charge in [0.05, 0.1) is 28.9 Å². The van der Waals surface area contributed by atoms with E-state index in [-0.39, 0.29) is 26.9 Å². The van der Waals surface area contributed by atoms with Gasteiger partial charge < -0.3 is 14.5 Å². The number of rotatable bonds is 3. The van der Waals surface area contributed by atoms with Crippen LogP contribution in [0.3, 0.4) is 0 Å². The average Bonchev–Trinajstić information content (AvgIpc) is 3.18. The molecule has 1 saturated carbocycles. The number of nitriles is 1. The van der Waals surface area contributed by atoms with Crippen LogP contribution in [-0.4, -0.2) is 26.4 Å². The fourth-order valence-corrected chi connectivity index (χ4v) is 5.51. The third-order valence-corrected chi connectivity index (χ3v) is 7.26. The van der Waals surface area contributed by atoms with E-state index in [1.165, 1.54) is 24.1 Å². The third kappa shape index (κ3) is 3.45. The fourth-order valence-electron chi connectivity index (χ4n) is 4.96. The van der Waals surface area contributed by atoms with Crippen LogP contribution in [0.4, 0.5) is 0 Å². The van der Waals surface area contributed by atoms with Gasteiger partial charge in [0.25, 0.3) is 5.56 Å². The van der Waals surface area contributed by atoms with Crippen molar-refractivity contribution in [1.82, 2.24) is 19.7 Å². The lowest BCUT2D eigenvalue weighted by Gasteiger charge is -2.44. The number of benzene rings is 2. The minimum atomic E-state index is -0.872. The van der Waals surface area contributed by atoms with Crippen molar-refractivity contribution in [3.63, 3.8) is 0 Å². The van der Waals surface area contributed by atoms with Gasteiger partial charge >= 0.3 is 5.69 Å². The molecule has 3 heterocycles. The Labute approximate surface area is 207 Å². The molecule has 0 saturated heterocycles. The van der Waals surface area contributed by atoms with E-state index in [0.717, 1.165) is 40.7 Å². The van der Waals surface area contributed by atoms with Gasteiger partial charge in [-0.3, -0.25) is 9.78 Å². The van der Waals surface area contributed by atoms with Crippen LogP contribution in [0.25, 0.3) is 16.6 Å². The molecule has 176 valence electrons. The maximum atomic E-state index is 12.2. The maximum Gasteiger partial charge on any atom is 0.349 e. The third-order valence-electron chi connectivity index (χ3n) is 6.69. The number of nitrogens with one attached hydrogen (secondary N) is 2. The molecule has 0 bridgehead atoms. The van der Waals surface area contributed by atoms with Crippen molar-refractivity contribution in [1.29, 1.82) is 5.26 Å². The summed E-state index contributed by atoms with van der Waals surface area (Å²) in [5, 5.41) is 14.2. The van der Waals surface area contributed by atoms with Crippen LogP contribution in [0.15, 0.2) is 39.9 Å². The van der Waals surface area contributed by atoms with Crippen molar-refractivity contribution < 1.29 is 9.47 Å². The summed E-state index contributed by atoms with van der Waals surface area (Å²) in [6.45, 7) is 1.29. The summed E-state index contributed by atoms with van der Waals surface area (Å²) in [4.78, 5) is 29.4. The molecule has 0 radical (unpaired) electrons. The van der Waals surface area contributed by atoms with Gasteiger partial charge in [-0.2, -0.15) is 9.94 Å². The topological polar surface area (TPSA) is 126 Å². The highest BCUT2D eigenvalue weighted by Crippen LogP contribution is 2.51. The van der Waals surface area contributed by atoms with E-state index in [1.54, 1.807) is 6.07 Å². The second-order valence-corrected chi connectivity index (χ2v) is 9.60. The van der Waals surface area contributed by atoms with E-state index < -0.39 is 16.9 Å². The highest BCUT2D eigenvalue weighted by atomic mass is 35.5. The lowest BCUT2D eigenvalue weighted by Crippen LogP contribution is -2.42. The molecule has 4 aromatic rings. The number of ether oxygens (including phenoxy) is 2. The Morgan fingerprint density at radius 2 is 1.91 bits per heavy atom. The predicted octanol–water partition coefficient (Wildman–Crippen LogP) is 4.32. The number of nitrogens with zero attached hydrogens (tertiary/aromatic N) is 3. The number of hydrogen-bond donors (Lipinski definition) is 2. The number of aromatic amines is 2. The molecule has 11 heteroatoms. The first-order chi connectivity index (χ1) is 16.9. The highest BCUT2D eigenvalue weighted by molar-refractivity contribution is 6.37. The second-order valence-electron chi connectivity index (χ2n) is 8.78. The standard InChI is InChI=1S/C24H17Cl2N5O4/c25-15-6-12(31-23(33)29-22(32)18(9-27)30-31)7-16(26)21(15)35-13-2-3-17-14(8-13)20-19(28-17)10-34-11-24(20)4-1-5-24/h2-3,6-8,28H,1,4-5,10-11H2,(H,29,32,33). The van der Waals surface area contributed by atoms with E-state index in [1.807, 2.05) is 23.2 Å². The van der Waals surface area contributed by atoms with Gasteiger partial charge in [-0.05, 0) is 48.7 Å². The summed E-state index contributed by atoms with van der Waals surface area (Å²) in [7, 11) is 0. The van der Waals surface area contributed by atoms with Crippen molar-refractivity contribution in [2.45, 2.75) is 31.3 Å². The van der Waals surface area contributed by atoms with Crippen LogP contribution in [0.2, 0.25) is 10.0 Å². The Bertz CT molecular complexity index is 1650. The average molecular weight is 510 g/mol. The Kier molecular flexibility index (Phi) is 5.00. The smallest absolute Gasteiger partial charge is 0.349 e. The molecule has 35 heavy (non-hydrogen) atoms. The molecular formula is C24H17Cl2N5O4. The van der Waals surface area contributed by atoms with Gasteiger partial charge in [0.1, 0.15) is 11.8 Å². The van der Waals surface area contributed by atoms with Crippen LogP contribution in [0, 0.1) is 11.3 Å². The fraction of sp³-hybridized carbons (Fsp3) is 0.250. The molecule has 9 nitrogen and oxygen atoms in total. The normalized spacial score (nSPS) is 16.0. The number of hydrogen-bond acceptors (Lipinski definition) is 6. The first-order valence-electron chi connectivity index (χ1n) is 10.9. The van der Waals surface area contributed by atoms with Gasteiger partial charge in [-0.1, -0.05) is 29.6 Å². The van der Waals surface area contributed by atoms with Crippen molar-refractivity contribution in [3.8, 4) is 23.3 Å². The summed E-state index contributed by atoms with van der Waals surface area (Å²) in [5.74, 6) is 0.767. The number of fused-ring (bicyclic) bond motifs is 4. The van der Waals surface area contributed by atoms with Gasteiger partial charge in [0.2, 0.25) is 5.69 Å². The summed E-state index contributed by atoms with van der Waals surface area (Å²) >= 11 is 12.9. The molecule has 1 aliphatic carbocycles. The minimum Gasteiger partial charge on any atom is -0.454 e. The van der Waals surface area contributed by atoms with Gasteiger partial charge in [-0.25, -0.2) is 4.79 Å². The van der Waals surface area contributed by atoms with E-state index >= 15 is 0 Å². The number of aromatic nitrogens is 4. The van der Waals surface area contributed by atoms with Gasteiger partial charge in [0.15, 0.2) is 5.75 Å². The molecular weight excluding hydrogens is 493 g/mol. The SMILES string of the molecule is N#Cc1nn(-c2cc(Cl)c(Oc3ccc4[nH]c5c(c4c3)C3(CCC3)COC5)c(Cl)c2)c(=O)[nH]c1=O. The van der Waals surface area contributed by atoms with E-state index in [0.29, 0.717) is 12.4 Å². The summed E-state index contributed by atoms with van der Waals surface area (Å²) < 4.78 is 12.8. The molecule has 6 rings (SSSR count). The first kappa shape index (κ1) is 21.9. The molecule has 1 fully saturated rings. The molecule has 2 aromatic heterocycles. The molecule has 0 atom stereocenters. The summed E-state index contributed by atoms with van der Waals surface area (Å²) in [6.07, 6.45) is 3.39. The lowest BCUT2D eigenvalue weighted by atomic mass is 9.63. The lowest BCUT2D eigenvalue weighted by molar-refractivity contribution is 0.0156. The molecule has 0 amide bonds. The van der Waals surface area contributed by atoms with Crippen LogP contribution in [0.1, 0.15) is 36.2 Å². The Hall–Kier alpha value is -3.58. The van der Waals surface area contributed by atoms with Crippen molar-refractivity contribution in [3.05, 3.63) is 78.2 Å². The van der Waals surface area contributed by atoms with Crippen LogP contribution in [0.5, 0.6) is 11.5 Å².